The summed E-state index contributed by atoms with van der Waals surface area (Å²) in [4.78, 5) is 8.58. The topological polar surface area (TPSA) is 49.8 Å². The molecule has 0 aliphatic rings. The molecule has 112 valence electrons. The van der Waals surface area contributed by atoms with Crippen molar-refractivity contribution in [3.8, 4) is 0 Å². The first-order valence-corrected chi connectivity index (χ1v) is 7.33. The molecule has 0 bridgehead atoms. The van der Waals surface area contributed by atoms with Crippen LogP contribution in [0.2, 0.25) is 0 Å². The summed E-state index contributed by atoms with van der Waals surface area (Å²) >= 11 is 0. The smallest absolute Gasteiger partial charge is 0.224 e. The van der Waals surface area contributed by atoms with Crippen molar-refractivity contribution in [1.29, 1.82) is 0 Å². The van der Waals surface area contributed by atoms with Crippen molar-refractivity contribution >= 4 is 11.8 Å². The summed E-state index contributed by atoms with van der Waals surface area (Å²) in [6.45, 7) is 3.67. The van der Waals surface area contributed by atoms with Crippen molar-refractivity contribution in [2.24, 2.45) is 0 Å². The zero-order valence-corrected chi connectivity index (χ0v) is 12.3. The van der Waals surface area contributed by atoms with Crippen molar-refractivity contribution in [3.63, 3.8) is 0 Å². The van der Waals surface area contributed by atoms with Crippen LogP contribution >= 0.6 is 0 Å². The van der Waals surface area contributed by atoms with E-state index in [4.69, 9.17) is 0 Å². The molecular formula is C16H21FN4. The van der Waals surface area contributed by atoms with E-state index in [9.17, 15) is 4.39 Å². The Bertz CT molecular complexity index is 542. The molecule has 2 aromatic rings. The highest BCUT2D eigenvalue weighted by Crippen LogP contribution is 2.09. The van der Waals surface area contributed by atoms with Gasteiger partial charge in [0.25, 0.3) is 0 Å². The molecule has 0 saturated heterocycles. The summed E-state index contributed by atoms with van der Waals surface area (Å²) < 4.78 is 12.8. The van der Waals surface area contributed by atoms with E-state index >= 15 is 0 Å². The van der Waals surface area contributed by atoms with E-state index in [2.05, 4.69) is 27.5 Å². The first-order chi connectivity index (χ1) is 10.3. The molecule has 0 aliphatic carbocycles. The van der Waals surface area contributed by atoms with Gasteiger partial charge in [0.2, 0.25) is 5.95 Å². The fraction of sp³-hybridized carbons (Fsp3) is 0.375. The van der Waals surface area contributed by atoms with Gasteiger partial charge in [0, 0.05) is 19.3 Å². The predicted molar refractivity (Wildman–Crippen MR) is 83.8 cm³/mol. The second-order valence-corrected chi connectivity index (χ2v) is 4.88. The molecule has 1 aromatic carbocycles. The van der Waals surface area contributed by atoms with E-state index in [1.165, 1.54) is 25.0 Å². The Morgan fingerprint density at radius 2 is 1.86 bits per heavy atom. The number of rotatable bonds is 8. The number of nitrogens with one attached hydrogen (secondary N) is 2. The second kappa shape index (κ2) is 8.19. The zero-order chi connectivity index (χ0) is 14.9. The number of anilines is 2. The molecule has 0 saturated carbocycles. The van der Waals surface area contributed by atoms with E-state index in [1.807, 2.05) is 6.07 Å². The minimum atomic E-state index is -0.228. The number of halogens is 1. The third kappa shape index (κ3) is 5.38. The third-order valence-corrected chi connectivity index (χ3v) is 3.11. The highest BCUT2D eigenvalue weighted by molar-refractivity contribution is 5.39. The summed E-state index contributed by atoms with van der Waals surface area (Å²) in [7, 11) is 0. The van der Waals surface area contributed by atoms with Crippen molar-refractivity contribution < 1.29 is 4.39 Å². The highest BCUT2D eigenvalue weighted by Gasteiger charge is 1.99. The monoisotopic (exact) mass is 288 g/mol. The average Bonchev–Trinajstić information content (AvgIpc) is 2.52. The summed E-state index contributed by atoms with van der Waals surface area (Å²) in [5, 5.41) is 6.42. The molecule has 4 nitrogen and oxygen atoms in total. The Balaban J connectivity index is 1.84. The van der Waals surface area contributed by atoms with Crippen molar-refractivity contribution in [3.05, 3.63) is 47.9 Å². The molecule has 21 heavy (non-hydrogen) atoms. The summed E-state index contributed by atoms with van der Waals surface area (Å²) in [5.74, 6) is 1.16. The van der Waals surface area contributed by atoms with Gasteiger partial charge in [-0.15, -0.1) is 0 Å². The average molecular weight is 288 g/mol. The lowest BCUT2D eigenvalue weighted by Crippen LogP contribution is -2.07. The van der Waals surface area contributed by atoms with Crippen LogP contribution in [0.15, 0.2) is 36.5 Å². The van der Waals surface area contributed by atoms with Gasteiger partial charge >= 0.3 is 0 Å². The van der Waals surface area contributed by atoms with E-state index in [-0.39, 0.29) is 5.82 Å². The summed E-state index contributed by atoms with van der Waals surface area (Å²) in [5.41, 5.74) is 0.987. The van der Waals surface area contributed by atoms with Gasteiger partial charge in [0.05, 0.1) is 0 Å². The Kier molecular flexibility index (Phi) is 5.94. The molecule has 0 spiro atoms. The molecule has 0 unspecified atom stereocenters. The van der Waals surface area contributed by atoms with E-state index < -0.39 is 0 Å². The van der Waals surface area contributed by atoms with Crippen LogP contribution in [0.25, 0.3) is 0 Å². The van der Waals surface area contributed by atoms with Crippen LogP contribution in [-0.4, -0.2) is 16.5 Å². The van der Waals surface area contributed by atoms with Crippen LogP contribution in [-0.2, 0) is 6.54 Å². The van der Waals surface area contributed by atoms with Crippen molar-refractivity contribution in [2.45, 2.75) is 32.7 Å². The van der Waals surface area contributed by atoms with Crippen LogP contribution < -0.4 is 10.6 Å². The predicted octanol–water partition coefficient (Wildman–Crippen LogP) is 3.83. The molecule has 0 fully saturated rings. The van der Waals surface area contributed by atoms with Gasteiger partial charge in [-0.05, 0) is 30.2 Å². The molecular weight excluding hydrogens is 267 g/mol. The molecule has 0 atom stereocenters. The number of benzene rings is 1. The van der Waals surface area contributed by atoms with Gasteiger partial charge in [-0.2, -0.15) is 4.98 Å². The number of hydrogen-bond acceptors (Lipinski definition) is 4. The maximum absolute atomic E-state index is 12.8. The number of nitrogens with zero attached hydrogens (tertiary/aromatic N) is 2. The highest BCUT2D eigenvalue weighted by atomic mass is 19.1. The van der Waals surface area contributed by atoms with Crippen LogP contribution in [0.5, 0.6) is 0 Å². The molecule has 2 N–H and O–H groups in total. The van der Waals surface area contributed by atoms with E-state index in [0.29, 0.717) is 12.5 Å². The first kappa shape index (κ1) is 15.2. The molecule has 0 radical (unpaired) electrons. The Morgan fingerprint density at radius 1 is 1.05 bits per heavy atom. The zero-order valence-electron chi connectivity index (χ0n) is 12.3. The normalized spacial score (nSPS) is 10.4. The minimum absolute atomic E-state index is 0.228. The molecule has 0 aliphatic heterocycles. The molecule has 0 amide bonds. The summed E-state index contributed by atoms with van der Waals surface area (Å²) in [6.07, 6.45) is 5.28. The maximum Gasteiger partial charge on any atom is 0.224 e. The number of hydrogen-bond donors (Lipinski definition) is 2. The van der Waals surface area contributed by atoms with Gasteiger partial charge in [0.1, 0.15) is 11.6 Å². The quantitative estimate of drug-likeness (QED) is 0.725. The Morgan fingerprint density at radius 3 is 2.62 bits per heavy atom. The fourth-order valence-corrected chi connectivity index (χ4v) is 1.92. The van der Waals surface area contributed by atoms with E-state index in [1.54, 1.807) is 18.3 Å². The van der Waals surface area contributed by atoms with Crippen LogP contribution in [0.3, 0.4) is 0 Å². The standard InChI is InChI=1S/C16H21FN4/c1-2-3-4-10-18-15-9-11-19-16(21-15)20-12-13-5-7-14(17)8-6-13/h5-9,11H,2-4,10,12H2,1H3,(H2,18,19,20,21). The van der Waals surface area contributed by atoms with Gasteiger partial charge in [0.15, 0.2) is 0 Å². The first-order valence-electron chi connectivity index (χ1n) is 7.33. The van der Waals surface area contributed by atoms with Crippen molar-refractivity contribution in [2.75, 3.05) is 17.2 Å². The lowest BCUT2D eigenvalue weighted by molar-refractivity contribution is 0.627. The Hall–Kier alpha value is -2.17. The largest absolute Gasteiger partial charge is 0.370 e. The second-order valence-electron chi connectivity index (χ2n) is 4.88. The summed E-state index contributed by atoms with van der Waals surface area (Å²) in [6, 6.07) is 8.24. The third-order valence-electron chi connectivity index (χ3n) is 3.11. The molecule has 2 rings (SSSR count). The number of unbranched alkanes of at least 4 members (excludes halogenated alkanes) is 2. The van der Waals surface area contributed by atoms with Crippen LogP contribution in [0.4, 0.5) is 16.2 Å². The van der Waals surface area contributed by atoms with Gasteiger partial charge in [-0.25, -0.2) is 9.37 Å². The van der Waals surface area contributed by atoms with Crippen molar-refractivity contribution in [1.82, 2.24) is 9.97 Å². The SMILES string of the molecule is CCCCCNc1ccnc(NCc2ccc(F)cc2)n1. The molecule has 5 heteroatoms. The van der Waals surface area contributed by atoms with Crippen LogP contribution in [0, 0.1) is 5.82 Å². The number of aromatic nitrogens is 2. The lowest BCUT2D eigenvalue weighted by Gasteiger charge is -2.08. The van der Waals surface area contributed by atoms with E-state index in [0.717, 1.165) is 24.3 Å². The molecule has 1 heterocycles. The lowest BCUT2D eigenvalue weighted by atomic mass is 10.2. The minimum Gasteiger partial charge on any atom is -0.370 e. The van der Waals surface area contributed by atoms with Crippen LogP contribution in [0.1, 0.15) is 31.7 Å². The maximum atomic E-state index is 12.8. The Labute approximate surface area is 124 Å². The fourth-order valence-electron chi connectivity index (χ4n) is 1.92. The van der Waals surface area contributed by atoms with Gasteiger partial charge in [-0.3, -0.25) is 0 Å². The molecule has 1 aromatic heterocycles. The van der Waals surface area contributed by atoms with Gasteiger partial charge in [-0.1, -0.05) is 31.9 Å². The van der Waals surface area contributed by atoms with Gasteiger partial charge < -0.3 is 10.6 Å².